The first kappa shape index (κ1) is 19.5. The minimum atomic E-state index is -0.638. The standard InChI is InChI=1S/C17H30N2O4/c1-13(2)12-14(17(22)23-3)18-15(20)8-9-16(21)19-10-6-4-5-7-11-19/h13-14H,4-12H2,1-3H3,(H,18,20)/t14-/m1/s1. The molecule has 0 radical (unpaired) electrons. The van der Waals surface area contributed by atoms with Crippen LogP contribution in [0.3, 0.4) is 0 Å². The molecule has 1 saturated heterocycles. The summed E-state index contributed by atoms with van der Waals surface area (Å²) >= 11 is 0. The van der Waals surface area contributed by atoms with Crippen molar-refractivity contribution in [2.24, 2.45) is 5.92 Å². The van der Waals surface area contributed by atoms with Crippen LogP contribution in [0.1, 0.15) is 58.8 Å². The zero-order valence-corrected chi connectivity index (χ0v) is 14.6. The van der Waals surface area contributed by atoms with Crippen molar-refractivity contribution in [3.63, 3.8) is 0 Å². The van der Waals surface area contributed by atoms with Gasteiger partial charge in [0.15, 0.2) is 0 Å². The van der Waals surface area contributed by atoms with Gasteiger partial charge in [-0.3, -0.25) is 9.59 Å². The highest BCUT2D eigenvalue weighted by Crippen LogP contribution is 2.12. The first-order chi connectivity index (χ1) is 10.9. The number of nitrogens with one attached hydrogen (secondary N) is 1. The van der Waals surface area contributed by atoms with E-state index in [2.05, 4.69) is 5.32 Å². The SMILES string of the molecule is COC(=O)[C@@H](CC(C)C)NC(=O)CCC(=O)N1CCCCCC1. The zero-order valence-electron chi connectivity index (χ0n) is 14.6. The summed E-state index contributed by atoms with van der Waals surface area (Å²) in [5, 5.41) is 2.69. The van der Waals surface area contributed by atoms with Crippen molar-refractivity contribution in [3.05, 3.63) is 0 Å². The van der Waals surface area contributed by atoms with Gasteiger partial charge in [-0.2, -0.15) is 0 Å². The molecule has 1 fully saturated rings. The highest BCUT2D eigenvalue weighted by Gasteiger charge is 2.23. The van der Waals surface area contributed by atoms with Crippen molar-refractivity contribution in [1.29, 1.82) is 0 Å². The van der Waals surface area contributed by atoms with Gasteiger partial charge in [0, 0.05) is 25.9 Å². The van der Waals surface area contributed by atoms with Gasteiger partial charge in [-0.05, 0) is 25.2 Å². The molecule has 0 aliphatic carbocycles. The minimum absolute atomic E-state index is 0.0283. The predicted octanol–water partition coefficient (Wildman–Crippen LogP) is 1.87. The van der Waals surface area contributed by atoms with Gasteiger partial charge in [-0.1, -0.05) is 26.7 Å². The molecule has 0 bridgehead atoms. The fourth-order valence-corrected chi connectivity index (χ4v) is 2.79. The van der Waals surface area contributed by atoms with Crippen LogP contribution in [-0.4, -0.2) is 48.9 Å². The number of methoxy groups -OCH3 is 1. The van der Waals surface area contributed by atoms with Crippen LogP contribution >= 0.6 is 0 Å². The van der Waals surface area contributed by atoms with E-state index >= 15 is 0 Å². The third-order valence-corrected chi connectivity index (χ3v) is 4.05. The maximum Gasteiger partial charge on any atom is 0.328 e. The van der Waals surface area contributed by atoms with E-state index in [-0.39, 0.29) is 30.6 Å². The van der Waals surface area contributed by atoms with Gasteiger partial charge in [0.2, 0.25) is 11.8 Å². The molecule has 1 aliphatic rings. The fraction of sp³-hybridized carbons (Fsp3) is 0.824. The van der Waals surface area contributed by atoms with Crippen LogP contribution in [0.5, 0.6) is 0 Å². The van der Waals surface area contributed by atoms with E-state index in [9.17, 15) is 14.4 Å². The maximum absolute atomic E-state index is 12.2. The Bertz CT molecular complexity index is 401. The largest absolute Gasteiger partial charge is 0.467 e. The van der Waals surface area contributed by atoms with E-state index in [1.165, 1.54) is 20.0 Å². The highest BCUT2D eigenvalue weighted by molar-refractivity contribution is 5.87. The Balaban J connectivity index is 2.41. The topological polar surface area (TPSA) is 75.7 Å². The van der Waals surface area contributed by atoms with Gasteiger partial charge in [0.1, 0.15) is 6.04 Å². The van der Waals surface area contributed by atoms with Gasteiger partial charge in [0.05, 0.1) is 7.11 Å². The van der Waals surface area contributed by atoms with Gasteiger partial charge in [-0.25, -0.2) is 4.79 Å². The molecule has 0 aromatic rings. The number of ether oxygens (including phenoxy) is 1. The summed E-state index contributed by atoms with van der Waals surface area (Å²) in [7, 11) is 1.31. The second-order valence-corrected chi connectivity index (χ2v) is 6.57. The molecule has 1 aliphatic heterocycles. The normalized spacial score (nSPS) is 16.6. The summed E-state index contributed by atoms with van der Waals surface area (Å²) in [5.74, 6) is -0.422. The average molecular weight is 326 g/mol. The van der Waals surface area contributed by atoms with Crippen LogP contribution in [-0.2, 0) is 19.1 Å². The summed E-state index contributed by atoms with van der Waals surface area (Å²) < 4.78 is 4.72. The third kappa shape index (κ3) is 7.48. The molecular formula is C17H30N2O4. The number of likely N-dealkylation sites (tertiary alicyclic amines) is 1. The number of hydrogen-bond acceptors (Lipinski definition) is 4. The first-order valence-corrected chi connectivity index (χ1v) is 8.59. The molecule has 1 N–H and O–H groups in total. The van der Waals surface area contributed by atoms with Crippen molar-refractivity contribution >= 4 is 17.8 Å². The van der Waals surface area contributed by atoms with E-state index in [1.807, 2.05) is 18.7 Å². The lowest BCUT2D eigenvalue weighted by atomic mass is 10.0. The van der Waals surface area contributed by atoms with E-state index in [0.717, 1.165) is 25.9 Å². The zero-order chi connectivity index (χ0) is 17.2. The van der Waals surface area contributed by atoms with E-state index in [1.54, 1.807) is 0 Å². The van der Waals surface area contributed by atoms with Gasteiger partial charge < -0.3 is 15.0 Å². The van der Waals surface area contributed by atoms with Crippen LogP contribution < -0.4 is 5.32 Å². The third-order valence-electron chi connectivity index (χ3n) is 4.05. The molecule has 1 atom stereocenters. The molecule has 1 rings (SSSR count). The molecule has 23 heavy (non-hydrogen) atoms. The van der Waals surface area contributed by atoms with E-state index in [4.69, 9.17) is 4.74 Å². The molecule has 1 heterocycles. The number of rotatable bonds is 7. The highest BCUT2D eigenvalue weighted by atomic mass is 16.5. The summed E-state index contributed by atoms with van der Waals surface area (Å²) in [5.41, 5.74) is 0. The monoisotopic (exact) mass is 326 g/mol. The number of nitrogens with zero attached hydrogens (tertiary/aromatic N) is 1. The molecule has 6 nitrogen and oxygen atoms in total. The summed E-state index contributed by atoms with van der Waals surface area (Å²) in [6.45, 7) is 5.53. The van der Waals surface area contributed by atoms with Crippen LogP contribution in [0.15, 0.2) is 0 Å². The number of esters is 1. The predicted molar refractivity (Wildman–Crippen MR) is 87.7 cm³/mol. The number of amides is 2. The molecule has 0 aromatic carbocycles. The number of carbonyl (C=O) groups is 3. The van der Waals surface area contributed by atoms with Crippen molar-refractivity contribution in [1.82, 2.24) is 10.2 Å². The molecule has 6 heteroatoms. The minimum Gasteiger partial charge on any atom is -0.467 e. The Morgan fingerprint density at radius 1 is 1.04 bits per heavy atom. The van der Waals surface area contributed by atoms with Gasteiger partial charge in [-0.15, -0.1) is 0 Å². The van der Waals surface area contributed by atoms with Crippen molar-refractivity contribution < 1.29 is 19.1 Å². The Morgan fingerprint density at radius 2 is 1.65 bits per heavy atom. The Hall–Kier alpha value is -1.59. The van der Waals surface area contributed by atoms with Crippen molar-refractivity contribution in [2.75, 3.05) is 20.2 Å². The van der Waals surface area contributed by atoms with Gasteiger partial charge in [0.25, 0.3) is 0 Å². The second kappa shape index (κ2) is 10.2. The molecule has 132 valence electrons. The second-order valence-electron chi connectivity index (χ2n) is 6.57. The van der Waals surface area contributed by atoms with Gasteiger partial charge >= 0.3 is 5.97 Å². The Morgan fingerprint density at radius 3 is 2.17 bits per heavy atom. The Labute approximate surface area is 138 Å². The Kier molecular flexibility index (Phi) is 8.66. The van der Waals surface area contributed by atoms with Crippen molar-refractivity contribution in [2.45, 2.75) is 64.8 Å². The first-order valence-electron chi connectivity index (χ1n) is 8.59. The van der Waals surface area contributed by atoms with Crippen LogP contribution in [0.2, 0.25) is 0 Å². The summed E-state index contributed by atoms with van der Waals surface area (Å²) in [6.07, 6.45) is 5.24. The lowest BCUT2D eigenvalue weighted by Crippen LogP contribution is -2.42. The van der Waals surface area contributed by atoms with Crippen LogP contribution in [0, 0.1) is 5.92 Å². The lowest BCUT2D eigenvalue weighted by Gasteiger charge is -2.21. The molecule has 0 aromatic heterocycles. The molecule has 0 unspecified atom stereocenters. The summed E-state index contributed by atoms with van der Waals surface area (Å²) in [4.78, 5) is 37.7. The quantitative estimate of drug-likeness (QED) is 0.725. The maximum atomic E-state index is 12.2. The molecular weight excluding hydrogens is 296 g/mol. The number of hydrogen-bond donors (Lipinski definition) is 1. The molecule has 2 amide bonds. The molecule has 0 saturated carbocycles. The van der Waals surface area contributed by atoms with E-state index < -0.39 is 12.0 Å². The van der Waals surface area contributed by atoms with E-state index in [0.29, 0.717) is 6.42 Å². The smallest absolute Gasteiger partial charge is 0.328 e. The lowest BCUT2D eigenvalue weighted by molar-refractivity contribution is -0.145. The van der Waals surface area contributed by atoms with Crippen LogP contribution in [0.4, 0.5) is 0 Å². The van der Waals surface area contributed by atoms with Crippen LogP contribution in [0.25, 0.3) is 0 Å². The summed E-state index contributed by atoms with van der Waals surface area (Å²) in [6, 6.07) is -0.638. The average Bonchev–Trinajstić information content (AvgIpc) is 2.80. The molecule has 0 spiro atoms. The fourth-order valence-electron chi connectivity index (χ4n) is 2.79. The van der Waals surface area contributed by atoms with Crippen molar-refractivity contribution in [3.8, 4) is 0 Å². The number of carbonyl (C=O) groups excluding carboxylic acids is 3.